The normalized spacial score (nSPS) is 61.7. The van der Waals surface area contributed by atoms with E-state index >= 15 is 0 Å². The Balaban J connectivity index is 1.56. The van der Waals surface area contributed by atoms with Crippen LogP contribution in [0.1, 0.15) is 120 Å². The van der Waals surface area contributed by atoms with Crippen LogP contribution in [-0.2, 0) is 0 Å². The Labute approximate surface area is 198 Å². The minimum Gasteiger partial charge on any atom is -0.392 e. The zero-order chi connectivity index (χ0) is 23.5. The van der Waals surface area contributed by atoms with Crippen molar-refractivity contribution in [3.63, 3.8) is 0 Å². The molecule has 0 heterocycles. The molecule has 0 bridgehead atoms. The van der Waals surface area contributed by atoms with Crippen molar-refractivity contribution < 1.29 is 10.2 Å². The Morgan fingerprint density at radius 3 is 2.00 bits per heavy atom. The summed E-state index contributed by atoms with van der Waals surface area (Å²) < 4.78 is 0. The van der Waals surface area contributed by atoms with Gasteiger partial charge in [-0.15, -0.1) is 0 Å². The first kappa shape index (κ1) is 23.7. The van der Waals surface area contributed by atoms with Crippen LogP contribution in [-0.4, -0.2) is 21.9 Å². The van der Waals surface area contributed by atoms with Crippen LogP contribution in [0.5, 0.6) is 0 Å². The molecule has 0 aromatic rings. The van der Waals surface area contributed by atoms with Crippen LogP contribution in [0, 0.1) is 56.7 Å². The van der Waals surface area contributed by atoms with Crippen molar-refractivity contribution in [3.05, 3.63) is 0 Å². The molecule has 184 valence electrons. The standard InChI is InChI=1S/C30H52O2/c1-19-11-13-26(5)15-16-27(6)21(24(26)20(19)2)9-10-22-28(27,7)17-18-30(32)25(3,4)23(31)12-14-29(22,30)8/h19-24,31-32H,9-18H2,1-8H3. The Hall–Kier alpha value is -0.0800. The number of aliphatic hydroxyl groups is 2. The number of rotatable bonds is 0. The zero-order valence-corrected chi connectivity index (χ0v) is 22.4. The van der Waals surface area contributed by atoms with Gasteiger partial charge in [0, 0.05) is 10.8 Å². The van der Waals surface area contributed by atoms with E-state index in [1.807, 2.05) is 0 Å². The molecule has 5 aliphatic rings. The van der Waals surface area contributed by atoms with Crippen LogP contribution in [0.3, 0.4) is 0 Å². The molecule has 5 rings (SSSR count). The third kappa shape index (κ3) is 2.51. The van der Waals surface area contributed by atoms with Gasteiger partial charge in [-0.3, -0.25) is 0 Å². The Kier molecular flexibility index (Phi) is 5.01. The van der Waals surface area contributed by atoms with Gasteiger partial charge in [-0.25, -0.2) is 0 Å². The molecular weight excluding hydrogens is 392 g/mol. The highest BCUT2D eigenvalue weighted by molar-refractivity contribution is 5.23. The molecule has 0 aromatic heterocycles. The second-order valence-electron chi connectivity index (χ2n) is 15.2. The van der Waals surface area contributed by atoms with Gasteiger partial charge in [0.1, 0.15) is 0 Å². The van der Waals surface area contributed by atoms with Crippen LogP contribution in [0.25, 0.3) is 0 Å². The largest absolute Gasteiger partial charge is 0.392 e. The van der Waals surface area contributed by atoms with Gasteiger partial charge in [0.25, 0.3) is 0 Å². The monoisotopic (exact) mass is 444 g/mol. The molecule has 0 saturated heterocycles. The zero-order valence-electron chi connectivity index (χ0n) is 22.4. The molecule has 0 spiro atoms. The van der Waals surface area contributed by atoms with Gasteiger partial charge in [-0.2, -0.15) is 0 Å². The van der Waals surface area contributed by atoms with Crippen molar-refractivity contribution in [3.8, 4) is 0 Å². The van der Waals surface area contributed by atoms with Crippen LogP contribution in [0.15, 0.2) is 0 Å². The van der Waals surface area contributed by atoms with Crippen molar-refractivity contribution in [2.24, 2.45) is 56.7 Å². The van der Waals surface area contributed by atoms with E-state index in [1.165, 1.54) is 38.5 Å². The summed E-state index contributed by atoms with van der Waals surface area (Å²) in [5.74, 6) is 3.94. The van der Waals surface area contributed by atoms with Crippen molar-refractivity contribution in [2.45, 2.75) is 131 Å². The average Bonchev–Trinajstić information content (AvgIpc) is 2.72. The summed E-state index contributed by atoms with van der Waals surface area (Å²) in [5.41, 5.74) is -0.0934. The van der Waals surface area contributed by atoms with Gasteiger partial charge < -0.3 is 10.2 Å². The van der Waals surface area contributed by atoms with Gasteiger partial charge in [0.15, 0.2) is 0 Å². The van der Waals surface area contributed by atoms with Gasteiger partial charge in [-0.05, 0) is 110 Å². The summed E-state index contributed by atoms with van der Waals surface area (Å²) in [7, 11) is 0. The molecule has 2 nitrogen and oxygen atoms in total. The predicted molar refractivity (Wildman–Crippen MR) is 132 cm³/mol. The Morgan fingerprint density at radius 2 is 1.31 bits per heavy atom. The molecule has 0 amide bonds. The van der Waals surface area contributed by atoms with Gasteiger partial charge >= 0.3 is 0 Å². The van der Waals surface area contributed by atoms with E-state index in [1.54, 1.807) is 0 Å². The molecule has 2 heteroatoms. The fraction of sp³-hybridized carbons (Fsp3) is 1.00. The highest BCUT2D eigenvalue weighted by Crippen LogP contribution is 2.77. The van der Waals surface area contributed by atoms with Crippen molar-refractivity contribution in [1.29, 1.82) is 0 Å². The lowest BCUT2D eigenvalue weighted by molar-refractivity contribution is -0.313. The van der Waals surface area contributed by atoms with E-state index in [0.717, 1.165) is 49.4 Å². The van der Waals surface area contributed by atoms with Crippen LogP contribution < -0.4 is 0 Å². The van der Waals surface area contributed by atoms with E-state index in [2.05, 4.69) is 55.4 Å². The van der Waals surface area contributed by atoms with Crippen molar-refractivity contribution in [2.75, 3.05) is 0 Å². The maximum absolute atomic E-state index is 12.3. The number of fused-ring (bicyclic) bond motifs is 7. The van der Waals surface area contributed by atoms with Crippen LogP contribution >= 0.6 is 0 Å². The highest BCUT2D eigenvalue weighted by atomic mass is 16.3. The highest BCUT2D eigenvalue weighted by Gasteiger charge is 2.73. The fourth-order valence-corrected chi connectivity index (χ4v) is 11.5. The SMILES string of the molecule is CC1CCC2(C)CCC3(C)C(CCC4C3(C)CCC3(O)C(C)(C)C(O)CCC43C)C2C1C. The molecular formula is C30H52O2. The first-order valence-corrected chi connectivity index (χ1v) is 14.1. The van der Waals surface area contributed by atoms with Crippen LogP contribution in [0.4, 0.5) is 0 Å². The van der Waals surface area contributed by atoms with Crippen molar-refractivity contribution in [1.82, 2.24) is 0 Å². The first-order chi connectivity index (χ1) is 14.7. The Morgan fingerprint density at radius 1 is 0.656 bits per heavy atom. The molecule has 0 aliphatic heterocycles. The number of hydrogen-bond donors (Lipinski definition) is 2. The third-order valence-corrected chi connectivity index (χ3v) is 14.3. The van der Waals surface area contributed by atoms with E-state index in [9.17, 15) is 10.2 Å². The topological polar surface area (TPSA) is 40.5 Å². The first-order valence-electron chi connectivity index (χ1n) is 14.1. The summed E-state index contributed by atoms with van der Waals surface area (Å²) in [4.78, 5) is 0. The summed E-state index contributed by atoms with van der Waals surface area (Å²) in [5, 5.41) is 23.2. The van der Waals surface area contributed by atoms with Gasteiger partial charge in [-0.1, -0.05) is 55.4 Å². The molecule has 5 aliphatic carbocycles. The summed E-state index contributed by atoms with van der Waals surface area (Å²) >= 11 is 0. The molecule has 0 aromatic carbocycles. The van der Waals surface area contributed by atoms with E-state index in [-0.39, 0.29) is 10.8 Å². The number of hydrogen-bond acceptors (Lipinski definition) is 2. The molecule has 11 atom stereocenters. The summed E-state index contributed by atoms with van der Waals surface area (Å²) in [6.07, 6.45) is 11.7. The fourth-order valence-electron chi connectivity index (χ4n) is 11.5. The lowest BCUT2D eigenvalue weighted by atomic mass is 9.30. The molecule has 5 fully saturated rings. The predicted octanol–water partition coefficient (Wildman–Crippen LogP) is 7.22. The lowest BCUT2D eigenvalue weighted by Gasteiger charge is -2.75. The van der Waals surface area contributed by atoms with E-state index in [0.29, 0.717) is 16.7 Å². The Bertz CT molecular complexity index is 775. The quantitative estimate of drug-likeness (QED) is 0.414. The van der Waals surface area contributed by atoms with E-state index in [4.69, 9.17) is 0 Å². The minimum absolute atomic E-state index is 0.0943. The van der Waals surface area contributed by atoms with Gasteiger partial charge in [0.05, 0.1) is 11.7 Å². The second-order valence-corrected chi connectivity index (χ2v) is 15.2. The van der Waals surface area contributed by atoms with E-state index < -0.39 is 17.1 Å². The number of aliphatic hydroxyl groups excluding tert-OH is 1. The van der Waals surface area contributed by atoms with Gasteiger partial charge in [0.2, 0.25) is 0 Å². The smallest absolute Gasteiger partial charge is 0.0779 e. The summed E-state index contributed by atoms with van der Waals surface area (Å²) in [6, 6.07) is 0. The average molecular weight is 445 g/mol. The van der Waals surface area contributed by atoms with Crippen molar-refractivity contribution >= 4 is 0 Å². The second kappa shape index (κ2) is 6.77. The molecule has 0 radical (unpaired) electrons. The molecule has 5 saturated carbocycles. The lowest BCUT2D eigenvalue weighted by Crippen LogP contribution is -2.74. The van der Waals surface area contributed by atoms with Crippen LogP contribution in [0.2, 0.25) is 0 Å². The minimum atomic E-state index is -0.763. The summed E-state index contributed by atoms with van der Waals surface area (Å²) in [6.45, 7) is 19.8. The molecule has 2 N–H and O–H groups in total. The maximum atomic E-state index is 12.3. The molecule has 32 heavy (non-hydrogen) atoms. The molecule has 11 unspecified atom stereocenters. The third-order valence-electron chi connectivity index (χ3n) is 14.3. The maximum Gasteiger partial charge on any atom is 0.0779 e.